The molecule has 4 nitrogen and oxygen atoms in total. The lowest BCUT2D eigenvalue weighted by molar-refractivity contribution is -0.0154. The minimum atomic E-state index is -0.270. The van der Waals surface area contributed by atoms with Gasteiger partial charge in [-0.1, -0.05) is 31.9 Å². The van der Waals surface area contributed by atoms with Crippen molar-refractivity contribution in [2.24, 2.45) is 11.8 Å². The van der Waals surface area contributed by atoms with Gasteiger partial charge in [0.1, 0.15) is 0 Å². The number of amides is 1. The number of ether oxygens (including phenoxy) is 1. The topological polar surface area (TPSA) is 64.3 Å². The summed E-state index contributed by atoms with van der Waals surface area (Å²) in [6, 6.07) is 7.37. The monoisotopic (exact) mass is 262 g/mol. The van der Waals surface area contributed by atoms with Crippen molar-refractivity contribution in [3.63, 3.8) is 0 Å². The number of nitrogens with two attached hydrogens (primary N) is 1. The molecule has 1 aliphatic carbocycles. The molecule has 2 atom stereocenters. The maximum absolute atomic E-state index is 11.3. The number of nitrogens with one attached hydrogen (secondary N) is 1. The van der Waals surface area contributed by atoms with Gasteiger partial charge in [-0.2, -0.15) is 0 Å². The summed E-state index contributed by atoms with van der Waals surface area (Å²) in [5, 5.41) is 0. The fourth-order valence-electron chi connectivity index (χ4n) is 2.57. The summed E-state index contributed by atoms with van der Waals surface area (Å²) in [6.07, 6.45) is 5.39. The van der Waals surface area contributed by atoms with Gasteiger partial charge in [0.15, 0.2) is 0 Å². The number of hydrogen-bond donors (Lipinski definition) is 2. The average Bonchev–Trinajstić information content (AvgIpc) is 2.46. The molecule has 0 radical (unpaired) electrons. The molecule has 0 saturated heterocycles. The van der Waals surface area contributed by atoms with Crippen LogP contribution in [-0.2, 0) is 11.3 Å². The van der Waals surface area contributed by atoms with Crippen LogP contribution < -0.4 is 11.3 Å². The molecule has 1 amide bonds. The second-order valence-corrected chi connectivity index (χ2v) is 5.28. The minimum absolute atomic E-state index is 0.270. The Bertz CT molecular complexity index is 417. The van der Waals surface area contributed by atoms with E-state index in [1.54, 1.807) is 12.1 Å². The lowest BCUT2D eigenvalue weighted by Crippen LogP contribution is -2.29. The van der Waals surface area contributed by atoms with Crippen LogP contribution in [0.25, 0.3) is 0 Å². The van der Waals surface area contributed by atoms with Crippen molar-refractivity contribution in [2.45, 2.75) is 45.3 Å². The zero-order chi connectivity index (χ0) is 13.7. The summed E-state index contributed by atoms with van der Waals surface area (Å²) in [5.41, 5.74) is 3.78. The van der Waals surface area contributed by atoms with Crippen molar-refractivity contribution in [2.75, 3.05) is 0 Å². The van der Waals surface area contributed by atoms with Crippen LogP contribution in [0.15, 0.2) is 24.3 Å². The molecule has 0 aliphatic heterocycles. The molecule has 0 heterocycles. The van der Waals surface area contributed by atoms with Crippen molar-refractivity contribution in [1.29, 1.82) is 0 Å². The zero-order valence-corrected chi connectivity index (χ0v) is 11.4. The molecule has 4 heteroatoms. The molecule has 2 unspecified atom stereocenters. The molecule has 1 saturated carbocycles. The Balaban J connectivity index is 1.87. The molecule has 2 rings (SSSR count). The maximum atomic E-state index is 11.3. The molecule has 1 fully saturated rings. The molecule has 104 valence electrons. The Morgan fingerprint density at radius 1 is 1.32 bits per heavy atom. The Morgan fingerprint density at radius 3 is 2.63 bits per heavy atom. The van der Waals surface area contributed by atoms with Gasteiger partial charge < -0.3 is 4.74 Å². The van der Waals surface area contributed by atoms with E-state index in [9.17, 15) is 4.79 Å². The fraction of sp³-hybridized carbons (Fsp3) is 0.533. The molecule has 1 aromatic carbocycles. The van der Waals surface area contributed by atoms with Crippen LogP contribution in [0.1, 0.15) is 48.5 Å². The van der Waals surface area contributed by atoms with Crippen molar-refractivity contribution in [1.82, 2.24) is 5.43 Å². The van der Waals surface area contributed by atoms with E-state index in [1.807, 2.05) is 12.1 Å². The van der Waals surface area contributed by atoms with E-state index in [0.29, 0.717) is 24.2 Å². The van der Waals surface area contributed by atoms with E-state index >= 15 is 0 Å². The van der Waals surface area contributed by atoms with Crippen LogP contribution in [0.3, 0.4) is 0 Å². The summed E-state index contributed by atoms with van der Waals surface area (Å²) in [5.74, 6) is 5.47. The van der Waals surface area contributed by atoms with Crippen LogP contribution >= 0.6 is 0 Å². The highest BCUT2D eigenvalue weighted by molar-refractivity contribution is 5.93. The number of hydrazine groups is 1. The third-order valence-electron chi connectivity index (χ3n) is 3.84. The quantitative estimate of drug-likeness (QED) is 0.497. The summed E-state index contributed by atoms with van der Waals surface area (Å²) < 4.78 is 5.98. The molecule has 0 spiro atoms. The standard InChI is InChI=1S/C15H22N2O2/c1-11-4-2-3-5-14(11)19-10-12-6-8-13(9-7-12)15(18)17-16/h6-9,11,14H,2-5,10,16H2,1H3,(H,17,18). The third-order valence-corrected chi connectivity index (χ3v) is 3.84. The van der Waals surface area contributed by atoms with Crippen molar-refractivity contribution >= 4 is 5.91 Å². The highest BCUT2D eigenvalue weighted by Gasteiger charge is 2.21. The van der Waals surface area contributed by atoms with Crippen LogP contribution in [-0.4, -0.2) is 12.0 Å². The van der Waals surface area contributed by atoms with E-state index in [-0.39, 0.29) is 5.91 Å². The Hall–Kier alpha value is -1.39. The van der Waals surface area contributed by atoms with Crippen LogP contribution in [0, 0.1) is 5.92 Å². The highest BCUT2D eigenvalue weighted by Crippen LogP contribution is 2.27. The number of nitrogen functional groups attached to an aromatic ring is 1. The number of benzene rings is 1. The van der Waals surface area contributed by atoms with Gasteiger partial charge in [0.2, 0.25) is 0 Å². The van der Waals surface area contributed by atoms with Gasteiger partial charge in [-0.05, 0) is 36.5 Å². The second kappa shape index (κ2) is 6.68. The van der Waals surface area contributed by atoms with Gasteiger partial charge in [-0.3, -0.25) is 10.2 Å². The number of hydrogen-bond acceptors (Lipinski definition) is 3. The van der Waals surface area contributed by atoms with Gasteiger partial charge in [-0.25, -0.2) is 5.84 Å². The number of carbonyl (C=O) groups is 1. The van der Waals surface area contributed by atoms with Crippen LogP contribution in [0.4, 0.5) is 0 Å². The molecule has 1 aliphatic rings. The first kappa shape index (κ1) is 14.0. The lowest BCUT2D eigenvalue weighted by Gasteiger charge is -2.28. The summed E-state index contributed by atoms with van der Waals surface area (Å²) in [4.78, 5) is 11.3. The number of rotatable bonds is 4. The highest BCUT2D eigenvalue weighted by atomic mass is 16.5. The van der Waals surface area contributed by atoms with Gasteiger partial charge in [0, 0.05) is 5.56 Å². The first-order chi connectivity index (χ1) is 9.20. The number of carbonyl (C=O) groups excluding carboxylic acids is 1. The van der Waals surface area contributed by atoms with Gasteiger partial charge in [0.05, 0.1) is 12.7 Å². The first-order valence-electron chi connectivity index (χ1n) is 6.92. The first-order valence-corrected chi connectivity index (χ1v) is 6.92. The summed E-state index contributed by atoms with van der Waals surface area (Å²) in [6.45, 7) is 2.87. The van der Waals surface area contributed by atoms with Crippen LogP contribution in [0.5, 0.6) is 0 Å². The predicted molar refractivity (Wildman–Crippen MR) is 74.3 cm³/mol. The van der Waals surface area contributed by atoms with Crippen molar-refractivity contribution in [3.05, 3.63) is 35.4 Å². The summed E-state index contributed by atoms with van der Waals surface area (Å²) >= 11 is 0. The molecule has 1 aromatic rings. The second-order valence-electron chi connectivity index (χ2n) is 5.28. The molecular weight excluding hydrogens is 240 g/mol. The molecule has 19 heavy (non-hydrogen) atoms. The van der Waals surface area contributed by atoms with E-state index in [0.717, 1.165) is 12.0 Å². The molecule has 3 N–H and O–H groups in total. The maximum Gasteiger partial charge on any atom is 0.265 e. The Kier molecular flexibility index (Phi) is 4.93. The average molecular weight is 262 g/mol. The van der Waals surface area contributed by atoms with Gasteiger partial charge in [-0.15, -0.1) is 0 Å². The van der Waals surface area contributed by atoms with Gasteiger partial charge in [0.25, 0.3) is 5.91 Å². The van der Waals surface area contributed by atoms with E-state index in [2.05, 4.69) is 12.3 Å². The minimum Gasteiger partial charge on any atom is -0.373 e. The fourth-order valence-corrected chi connectivity index (χ4v) is 2.57. The van der Waals surface area contributed by atoms with Gasteiger partial charge >= 0.3 is 0 Å². The largest absolute Gasteiger partial charge is 0.373 e. The third kappa shape index (κ3) is 3.78. The Morgan fingerprint density at radius 2 is 2.00 bits per heavy atom. The van der Waals surface area contributed by atoms with Crippen LogP contribution in [0.2, 0.25) is 0 Å². The van der Waals surface area contributed by atoms with Crippen molar-refractivity contribution in [3.8, 4) is 0 Å². The van der Waals surface area contributed by atoms with Crippen molar-refractivity contribution < 1.29 is 9.53 Å². The SMILES string of the molecule is CC1CCCCC1OCc1ccc(C(=O)NN)cc1. The predicted octanol–water partition coefficient (Wildman–Crippen LogP) is 2.39. The summed E-state index contributed by atoms with van der Waals surface area (Å²) in [7, 11) is 0. The molecule has 0 bridgehead atoms. The normalized spacial score (nSPS) is 23.1. The smallest absolute Gasteiger partial charge is 0.265 e. The molecule has 0 aromatic heterocycles. The lowest BCUT2D eigenvalue weighted by atomic mass is 9.88. The Labute approximate surface area is 114 Å². The van der Waals surface area contributed by atoms with E-state index < -0.39 is 0 Å². The molecular formula is C15H22N2O2. The van der Waals surface area contributed by atoms with E-state index in [4.69, 9.17) is 10.6 Å². The van der Waals surface area contributed by atoms with E-state index in [1.165, 1.54) is 19.3 Å². The zero-order valence-electron chi connectivity index (χ0n) is 11.4.